The molecule has 1 aliphatic heterocycles. The first-order valence-corrected chi connectivity index (χ1v) is 8.06. The van der Waals surface area contributed by atoms with Crippen molar-refractivity contribution < 1.29 is 18.3 Å². The summed E-state index contributed by atoms with van der Waals surface area (Å²) in [6.07, 6.45) is 1.11. The third-order valence-corrected chi connectivity index (χ3v) is 4.14. The summed E-state index contributed by atoms with van der Waals surface area (Å²) in [5.41, 5.74) is 1.40. The fourth-order valence-electron chi connectivity index (χ4n) is 2.74. The first kappa shape index (κ1) is 17.6. The van der Waals surface area contributed by atoms with Crippen LogP contribution in [-0.4, -0.2) is 43.3 Å². The Bertz CT molecular complexity index is 735. The van der Waals surface area contributed by atoms with Crippen LogP contribution in [0.1, 0.15) is 11.7 Å². The second kappa shape index (κ2) is 7.79. The largest absolute Gasteiger partial charge is 0.435 e. The molecule has 1 saturated heterocycles. The van der Waals surface area contributed by atoms with Crippen molar-refractivity contribution in [2.24, 2.45) is 0 Å². The van der Waals surface area contributed by atoms with E-state index >= 15 is 0 Å². The minimum Gasteiger partial charge on any atom is -0.435 e. The third kappa shape index (κ3) is 4.08. The molecule has 0 radical (unpaired) electrons. The van der Waals surface area contributed by atoms with Gasteiger partial charge in [-0.05, 0) is 17.7 Å². The number of aromatic nitrogens is 2. The first-order chi connectivity index (χ1) is 12.1. The van der Waals surface area contributed by atoms with Crippen molar-refractivity contribution in [3.05, 3.63) is 41.3 Å². The van der Waals surface area contributed by atoms with Gasteiger partial charge in [0, 0.05) is 20.1 Å². The van der Waals surface area contributed by atoms with E-state index in [0.29, 0.717) is 36.4 Å². The number of halogens is 3. The lowest BCUT2D eigenvalue weighted by molar-refractivity contribution is -0.0501. The topological polar surface area (TPSA) is 59.5 Å². The van der Waals surface area contributed by atoms with E-state index in [2.05, 4.69) is 20.0 Å². The fraction of sp³-hybridized carbons (Fsp3) is 0.375. The minimum absolute atomic E-state index is 0.106. The smallest absolute Gasteiger partial charge is 0.387 e. The summed E-state index contributed by atoms with van der Waals surface area (Å²) in [6, 6.07) is 6.53. The van der Waals surface area contributed by atoms with Crippen LogP contribution in [0.2, 0.25) is 5.15 Å². The molecule has 2 heterocycles. The van der Waals surface area contributed by atoms with Gasteiger partial charge < -0.3 is 19.7 Å². The molecule has 1 N–H and O–H groups in total. The molecule has 25 heavy (non-hydrogen) atoms. The number of hydrogen-bond donors (Lipinski definition) is 1. The highest BCUT2D eigenvalue weighted by atomic mass is 35.5. The molecule has 2 aromatic rings. The number of alkyl halides is 2. The molecule has 0 spiro atoms. The van der Waals surface area contributed by atoms with Gasteiger partial charge in [-0.25, -0.2) is 9.97 Å². The van der Waals surface area contributed by atoms with E-state index in [4.69, 9.17) is 16.3 Å². The zero-order valence-corrected chi connectivity index (χ0v) is 14.2. The van der Waals surface area contributed by atoms with Crippen LogP contribution in [0.25, 0.3) is 0 Å². The average molecular weight is 371 g/mol. The van der Waals surface area contributed by atoms with Crippen molar-refractivity contribution >= 4 is 23.1 Å². The molecule has 1 aliphatic rings. The maximum absolute atomic E-state index is 12.4. The van der Waals surface area contributed by atoms with E-state index in [0.717, 1.165) is 5.56 Å². The van der Waals surface area contributed by atoms with Gasteiger partial charge in [0.2, 0.25) is 0 Å². The van der Waals surface area contributed by atoms with Crippen molar-refractivity contribution in [2.75, 3.05) is 37.0 Å². The van der Waals surface area contributed by atoms with E-state index in [9.17, 15) is 8.78 Å². The lowest BCUT2D eigenvalue weighted by Crippen LogP contribution is -2.39. The van der Waals surface area contributed by atoms with Crippen molar-refractivity contribution in [3.8, 4) is 5.75 Å². The van der Waals surface area contributed by atoms with E-state index in [-0.39, 0.29) is 11.9 Å². The van der Waals surface area contributed by atoms with Crippen LogP contribution in [0.4, 0.5) is 20.3 Å². The van der Waals surface area contributed by atoms with Gasteiger partial charge in [-0.3, -0.25) is 0 Å². The van der Waals surface area contributed by atoms with Crippen LogP contribution < -0.4 is 15.0 Å². The molecular formula is C16H17ClF2N4O2. The van der Waals surface area contributed by atoms with Crippen molar-refractivity contribution in [3.63, 3.8) is 0 Å². The second-order valence-electron chi connectivity index (χ2n) is 5.37. The Hall–Kier alpha value is -2.19. The maximum Gasteiger partial charge on any atom is 0.387 e. The molecule has 1 aromatic carbocycles. The summed E-state index contributed by atoms with van der Waals surface area (Å²) in [7, 11) is 1.75. The third-order valence-electron chi connectivity index (χ3n) is 3.85. The lowest BCUT2D eigenvalue weighted by Gasteiger charge is -2.34. The average Bonchev–Trinajstić information content (AvgIpc) is 2.61. The van der Waals surface area contributed by atoms with Crippen LogP contribution in [0.5, 0.6) is 5.75 Å². The van der Waals surface area contributed by atoms with Gasteiger partial charge >= 0.3 is 6.61 Å². The van der Waals surface area contributed by atoms with Crippen LogP contribution in [0.3, 0.4) is 0 Å². The Morgan fingerprint density at radius 3 is 3.00 bits per heavy atom. The van der Waals surface area contributed by atoms with Crippen LogP contribution in [-0.2, 0) is 4.74 Å². The Labute approximate surface area is 148 Å². The SMILES string of the molecule is CNc1c(Cl)ncnc1N1CCOC(c2cccc(OC(F)F)c2)C1. The van der Waals surface area contributed by atoms with E-state index in [1.54, 1.807) is 19.2 Å². The highest BCUT2D eigenvalue weighted by Crippen LogP contribution is 2.33. The molecule has 3 rings (SSSR count). The molecule has 0 saturated carbocycles. The number of benzene rings is 1. The van der Waals surface area contributed by atoms with E-state index < -0.39 is 6.61 Å². The van der Waals surface area contributed by atoms with Gasteiger partial charge in [0.25, 0.3) is 0 Å². The number of nitrogens with zero attached hydrogens (tertiary/aromatic N) is 3. The summed E-state index contributed by atoms with van der Waals surface area (Å²) >= 11 is 6.11. The molecule has 134 valence electrons. The molecule has 0 amide bonds. The van der Waals surface area contributed by atoms with Gasteiger partial charge in [-0.1, -0.05) is 23.7 Å². The Morgan fingerprint density at radius 1 is 1.40 bits per heavy atom. The number of rotatable bonds is 5. The van der Waals surface area contributed by atoms with Gasteiger partial charge in [-0.15, -0.1) is 0 Å². The Morgan fingerprint density at radius 2 is 2.24 bits per heavy atom. The van der Waals surface area contributed by atoms with Crippen LogP contribution >= 0.6 is 11.6 Å². The highest BCUT2D eigenvalue weighted by molar-refractivity contribution is 6.32. The van der Waals surface area contributed by atoms with Crippen LogP contribution in [0, 0.1) is 0 Å². The number of hydrogen-bond acceptors (Lipinski definition) is 6. The van der Waals surface area contributed by atoms with Gasteiger partial charge in [0.05, 0.1) is 6.61 Å². The van der Waals surface area contributed by atoms with Gasteiger partial charge in [-0.2, -0.15) is 8.78 Å². The minimum atomic E-state index is -2.86. The maximum atomic E-state index is 12.4. The van der Waals surface area contributed by atoms with Gasteiger partial charge in [0.15, 0.2) is 11.0 Å². The molecule has 6 nitrogen and oxygen atoms in total. The molecular weight excluding hydrogens is 354 g/mol. The standard InChI is InChI=1S/C16H17ClF2N4O2/c1-20-13-14(17)21-9-22-15(13)23-5-6-24-12(8-23)10-3-2-4-11(7-10)25-16(18)19/h2-4,7,9,12,16,20H,5-6,8H2,1H3. The number of ether oxygens (including phenoxy) is 2. The van der Waals surface area contributed by atoms with Gasteiger partial charge in [0.1, 0.15) is 23.9 Å². The van der Waals surface area contributed by atoms with Crippen molar-refractivity contribution in [1.82, 2.24) is 9.97 Å². The molecule has 1 atom stereocenters. The zero-order chi connectivity index (χ0) is 17.8. The predicted molar refractivity (Wildman–Crippen MR) is 90.6 cm³/mol. The Kier molecular flexibility index (Phi) is 5.50. The number of anilines is 2. The summed E-state index contributed by atoms with van der Waals surface area (Å²) in [4.78, 5) is 10.3. The number of morpholine rings is 1. The second-order valence-corrected chi connectivity index (χ2v) is 5.73. The highest BCUT2D eigenvalue weighted by Gasteiger charge is 2.26. The summed E-state index contributed by atoms with van der Waals surface area (Å²) in [5.74, 6) is 0.782. The van der Waals surface area contributed by atoms with Crippen molar-refractivity contribution in [2.45, 2.75) is 12.7 Å². The molecule has 9 heteroatoms. The summed E-state index contributed by atoms with van der Waals surface area (Å²) in [5, 5.41) is 3.34. The number of nitrogens with one attached hydrogen (secondary N) is 1. The zero-order valence-electron chi connectivity index (χ0n) is 13.5. The summed E-state index contributed by atoms with van der Waals surface area (Å²) < 4.78 is 35.1. The molecule has 0 aliphatic carbocycles. The first-order valence-electron chi connectivity index (χ1n) is 7.68. The van der Waals surface area contributed by atoms with E-state index in [1.165, 1.54) is 12.4 Å². The molecule has 1 unspecified atom stereocenters. The Balaban J connectivity index is 1.81. The van der Waals surface area contributed by atoms with Crippen LogP contribution in [0.15, 0.2) is 30.6 Å². The molecule has 0 bridgehead atoms. The summed E-state index contributed by atoms with van der Waals surface area (Å²) in [6.45, 7) is -1.26. The molecule has 1 aromatic heterocycles. The van der Waals surface area contributed by atoms with Crippen molar-refractivity contribution in [1.29, 1.82) is 0 Å². The fourth-order valence-corrected chi connectivity index (χ4v) is 2.97. The lowest BCUT2D eigenvalue weighted by atomic mass is 10.1. The molecule has 1 fully saturated rings. The predicted octanol–water partition coefficient (Wildman–Crippen LogP) is 3.35. The quantitative estimate of drug-likeness (QED) is 0.814. The van der Waals surface area contributed by atoms with E-state index in [1.807, 2.05) is 11.0 Å². The monoisotopic (exact) mass is 370 g/mol. The normalized spacial score (nSPS) is 17.6.